The number of para-hydroxylation sites is 1. The molecule has 3 nitrogen and oxygen atoms in total. The van der Waals surface area contributed by atoms with E-state index >= 15 is 0 Å². The van der Waals surface area contributed by atoms with Crippen molar-refractivity contribution in [2.24, 2.45) is 0 Å². The third kappa shape index (κ3) is 5.66. The second kappa shape index (κ2) is 9.51. The minimum atomic E-state index is -0.441. The zero-order valence-corrected chi connectivity index (χ0v) is 15.7. The molecule has 0 aliphatic carbocycles. The van der Waals surface area contributed by atoms with Crippen molar-refractivity contribution in [2.45, 2.75) is 71.1 Å². The summed E-state index contributed by atoms with van der Waals surface area (Å²) < 4.78 is 5.90. The molecule has 132 valence electrons. The number of aliphatic hydroxyl groups excluding tert-OH is 1. The largest absolute Gasteiger partial charge is 0.491 e. The topological polar surface area (TPSA) is 32.7 Å². The van der Waals surface area contributed by atoms with Gasteiger partial charge in [0.25, 0.3) is 0 Å². The molecule has 0 amide bonds. The smallest absolute Gasteiger partial charge is 0.122 e. The normalized spacial score (nSPS) is 23.4. The molecule has 3 unspecified atom stereocenters. The first-order valence-corrected chi connectivity index (χ1v) is 8.64. The first kappa shape index (κ1) is 20.3. The lowest BCUT2D eigenvalue weighted by atomic mass is 9.97. The number of nitrogens with zero attached hydrogens (tertiary/aromatic N) is 1. The van der Waals surface area contributed by atoms with Gasteiger partial charge in [0.1, 0.15) is 18.5 Å². The predicted octanol–water partition coefficient (Wildman–Crippen LogP) is 4.23. The summed E-state index contributed by atoms with van der Waals surface area (Å²) in [6.45, 7) is 9.91. The fraction of sp³-hybridized carbons (Fsp3) is 0.684. The first-order chi connectivity index (χ1) is 10.5. The van der Waals surface area contributed by atoms with Crippen molar-refractivity contribution in [1.82, 2.24) is 4.90 Å². The van der Waals surface area contributed by atoms with Crippen LogP contribution in [0.4, 0.5) is 0 Å². The molecule has 1 aliphatic rings. The van der Waals surface area contributed by atoms with Crippen molar-refractivity contribution in [3.05, 3.63) is 29.8 Å². The molecule has 1 aliphatic heterocycles. The second-order valence-corrected chi connectivity index (χ2v) is 6.98. The van der Waals surface area contributed by atoms with Crippen LogP contribution >= 0.6 is 12.4 Å². The summed E-state index contributed by atoms with van der Waals surface area (Å²) >= 11 is 0. The average molecular weight is 342 g/mol. The van der Waals surface area contributed by atoms with Gasteiger partial charge < -0.3 is 9.84 Å². The van der Waals surface area contributed by atoms with E-state index in [9.17, 15) is 5.11 Å². The zero-order chi connectivity index (χ0) is 16.1. The fourth-order valence-electron chi connectivity index (χ4n) is 3.41. The van der Waals surface area contributed by atoms with Crippen LogP contribution in [-0.2, 0) is 0 Å². The Morgan fingerprint density at radius 1 is 1.17 bits per heavy atom. The van der Waals surface area contributed by atoms with E-state index in [1.165, 1.54) is 24.8 Å². The molecule has 0 radical (unpaired) electrons. The number of β-amino-alcohol motifs (C(OH)–C–C–N with tert-alkyl or cyclic N) is 1. The Morgan fingerprint density at radius 3 is 2.39 bits per heavy atom. The summed E-state index contributed by atoms with van der Waals surface area (Å²) in [7, 11) is 0. The molecule has 3 atom stereocenters. The summed E-state index contributed by atoms with van der Waals surface area (Å²) in [5.41, 5.74) is 1.20. The monoisotopic (exact) mass is 341 g/mol. The van der Waals surface area contributed by atoms with Crippen LogP contribution < -0.4 is 4.74 Å². The maximum Gasteiger partial charge on any atom is 0.122 e. The summed E-state index contributed by atoms with van der Waals surface area (Å²) in [6, 6.07) is 9.23. The number of hydrogen-bond donors (Lipinski definition) is 1. The first-order valence-electron chi connectivity index (χ1n) is 8.64. The van der Waals surface area contributed by atoms with Crippen LogP contribution in [0.2, 0.25) is 0 Å². The third-order valence-electron chi connectivity index (χ3n) is 4.77. The molecule has 0 saturated carbocycles. The Balaban J connectivity index is 0.00000264. The zero-order valence-electron chi connectivity index (χ0n) is 14.9. The Kier molecular flexibility index (Phi) is 8.38. The molecule has 1 aromatic rings. The van der Waals surface area contributed by atoms with E-state index in [4.69, 9.17) is 4.74 Å². The quantitative estimate of drug-likeness (QED) is 0.840. The van der Waals surface area contributed by atoms with Gasteiger partial charge in [-0.05, 0) is 44.2 Å². The van der Waals surface area contributed by atoms with Crippen molar-refractivity contribution in [3.63, 3.8) is 0 Å². The molecular weight excluding hydrogens is 310 g/mol. The molecule has 1 aromatic carbocycles. The average Bonchev–Trinajstić information content (AvgIpc) is 2.49. The highest BCUT2D eigenvalue weighted by Gasteiger charge is 2.26. The van der Waals surface area contributed by atoms with Crippen LogP contribution in [0.3, 0.4) is 0 Å². The van der Waals surface area contributed by atoms with Gasteiger partial charge in [-0.2, -0.15) is 0 Å². The van der Waals surface area contributed by atoms with E-state index in [0.29, 0.717) is 31.2 Å². The van der Waals surface area contributed by atoms with Gasteiger partial charge in [-0.1, -0.05) is 38.5 Å². The van der Waals surface area contributed by atoms with Crippen LogP contribution in [0.25, 0.3) is 0 Å². The molecule has 1 N–H and O–H groups in total. The number of benzene rings is 1. The van der Waals surface area contributed by atoms with Crippen molar-refractivity contribution < 1.29 is 9.84 Å². The highest BCUT2D eigenvalue weighted by Crippen LogP contribution is 2.26. The van der Waals surface area contributed by atoms with Gasteiger partial charge in [0.2, 0.25) is 0 Å². The van der Waals surface area contributed by atoms with Gasteiger partial charge in [0.15, 0.2) is 0 Å². The molecule has 1 heterocycles. The van der Waals surface area contributed by atoms with Gasteiger partial charge in [-0.3, -0.25) is 4.90 Å². The lowest BCUT2D eigenvalue weighted by molar-refractivity contribution is 0.0207. The summed E-state index contributed by atoms with van der Waals surface area (Å²) in [4.78, 5) is 2.42. The van der Waals surface area contributed by atoms with Gasteiger partial charge in [-0.25, -0.2) is 0 Å². The molecule has 23 heavy (non-hydrogen) atoms. The molecule has 1 fully saturated rings. The highest BCUT2D eigenvalue weighted by molar-refractivity contribution is 5.85. The van der Waals surface area contributed by atoms with Gasteiger partial charge >= 0.3 is 0 Å². The van der Waals surface area contributed by atoms with E-state index in [2.05, 4.69) is 38.7 Å². The van der Waals surface area contributed by atoms with E-state index in [0.717, 1.165) is 5.75 Å². The Morgan fingerprint density at radius 2 is 1.78 bits per heavy atom. The van der Waals surface area contributed by atoms with Gasteiger partial charge in [-0.15, -0.1) is 12.4 Å². The SMILES string of the molecule is CC(C)c1ccccc1OCC(O)CN1C(C)CCCC1C.Cl. The van der Waals surface area contributed by atoms with Gasteiger partial charge in [0, 0.05) is 18.6 Å². The number of piperidine rings is 1. The van der Waals surface area contributed by atoms with Crippen molar-refractivity contribution >= 4 is 12.4 Å². The van der Waals surface area contributed by atoms with Crippen LogP contribution in [0.15, 0.2) is 24.3 Å². The van der Waals surface area contributed by atoms with E-state index in [-0.39, 0.29) is 12.4 Å². The summed E-state index contributed by atoms with van der Waals surface area (Å²) in [5.74, 6) is 1.33. The molecule has 2 rings (SSSR count). The number of aliphatic hydroxyl groups is 1. The summed E-state index contributed by atoms with van der Waals surface area (Å²) in [6.07, 6.45) is 3.32. The van der Waals surface area contributed by atoms with Crippen LogP contribution in [-0.4, -0.2) is 41.3 Å². The number of likely N-dealkylation sites (tertiary alicyclic amines) is 1. The fourth-order valence-corrected chi connectivity index (χ4v) is 3.41. The second-order valence-electron chi connectivity index (χ2n) is 6.98. The Bertz CT molecular complexity index is 456. The Hall–Kier alpha value is -0.770. The van der Waals surface area contributed by atoms with Crippen LogP contribution in [0.5, 0.6) is 5.75 Å². The number of rotatable bonds is 6. The number of halogens is 1. The maximum absolute atomic E-state index is 10.4. The van der Waals surface area contributed by atoms with Crippen molar-refractivity contribution in [1.29, 1.82) is 0 Å². The molecule has 4 heteroatoms. The van der Waals surface area contributed by atoms with Gasteiger partial charge in [0.05, 0.1) is 0 Å². The predicted molar refractivity (Wildman–Crippen MR) is 98.8 cm³/mol. The van der Waals surface area contributed by atoms with Crippen LogP contribution in [0.1, 0.15) is 58.4 Å². The molecule has 1 saturated heterocycles. The van der Waals surface area contributed by atoms with E-state index in [1.807, 2.05) is 18.2 Å². The van der Waals surface area contributed by atoms with E-state index in [1.54, 1.807) is 0 Å². The maximum atomic E-state index is 10.4. The van der Waals surface area contributed by atoms with Crippen molar-refractivity contribution in [3.8, 4) is 5.75 Å². The lowest BCUT2D eigenvalue weighted by Gasteiger charge is -2.40. The standard InChI is InChI=1S/C19H31NO2.ClH/c1-14(2)18-10-5-6-11-19(18)22-13-17(21)12-20-15(3)8-7-9-16(20)4;/h5-6,10-11,14-17,21H,7-9,12-13H2,1-4H3;1H. The minimum Gasteiger partial charge on any atom is -0.491 e. The number of hydrogen-bond acceptors (Lipinski definition) is 3. The highest BCUT2D eigenvalue weighted by atomic mass is 35.5. The van der Waals surface area contributed by atoms with E-state index < -0.39 is 6.10 Å². The summed E-state index contributed by atoms with van der Waals surface area (Å²) in [5, 5.41) is 10.4. The lowest BCUT2D eigenvalue weighted by Crippen LogP contribution is -2.48. The van der Waals surface area contributed by atoms with Crippen LogP contribution in [0, 0.1) is 0 Å². The molecule has 0 aromatic heterocycles. The molecule has 0 bridgehead atoms. The minimum absolute atomic E-state index is 0. The Labute approximate surface area is 147 Å². The van der Waals surface area contributed by atoms with Crippen molar-refractivity contribution in [2.75, 3.05) is 13.2 Å². The molecule has 0 spiro atoms. The number of ether oxygens (including phenoxy) is 1. The third-order valence-corrected chi connectivity index (χ3v) is 4.77. The molecular formula is C19H32ClNO2.